The summed E-state index contributed by atoms with van der Waals surface area (Å²) in [5, 5.41) is 0. The van der Waals surface area contributed by atoms with Crippen molar-refractivity contribution in [1.29, 1.82) is 0 Å². The van der Waals surface area contributed by atoms with Gasteiger partial charge in [-0.3, -0.25) is 4.99 Å². The van der Waals surface area contributed by atoms with Crippen LogP contribution >= 0.6 is 15.9 Å². The Bertz CT molecular complexity index is 544. The number of nitrogens with two attached hydrogens (primary N) is 1. The van der Waals surface area contributed by atoms with Crippen molar-refractivity contribution in [2.24, 2.45) is 4.99 Å². The van der Waals surface area contributed by atoms with Crippen LogP contribution in [0.2, 0.25) is 0 Å². The zero-order valence-electron chi connectivity index (χ0n) is 10.9. The van der Waals surface area contributed by atoms with Crippen molar-refractivity contribution < 1.29 is 0 Å². The van der Waals surface area contributed by atoms with Gasteiger partial charge in [0.15, 0.2) is 0 Å². The van der Waals surface area contributed by atoms with Crippen molar-refractivity contribution in [3.63, 3.8) is 0 Å². The molecule has 3 heteroatoms. The first-order valence-electron chi connectivity index (χ1n) is 6.27. The molecule has 2 nitrogen and oxygen atoms in total. The zero-order chi connectivity index (χ0) is 13.7. The summed E-state index contributed by atoms with van der Waals surface area (Å²) in [6, 6.07) is 16.2. The van der Waals surface area contributed by atoms with E-state index in [4.69, 9.17) is 5.73 Å². The Kier molecular flexibility index (Phi) is 4.74. The van der Waals surface area contributed by atoms with Gasteiger partial charge in [-0.15, -0.1) is 0 Å². The van der Waals surface area contributed by atoms with Gasteiger partial charge in [-0.2, -0.15) is 0 Å². The number of hydrogen-bond donors (Lipinski definition) is 1. The molecule has 0 saturated carbocycles. The van der Waals surface area contributed by atoms with Crippen molar-refractivity contribution >= 4 is 27.8 Å². The minimum Gasteiger partial charge on any atom is -0.398 e. The Morgan fingerprint density at radius 3 is 2.58 bits per heavy atom. The third-order valence-electron chi connectivity index (χ3n) is 3.05. The fraction of sp³-hybridized carbons (Fsp3) is 0.188. The van der Waals surface area contributed by atoms with E-state index >= 15 is 0 Å². The molecular weight excluding hydrogens is 300 g/mol. The van der Waals surface area contributed by atoms with E-state index in [2.05, 4.69) is 52.1 Å². The van der Waals surface area contributed by atoms with Gasteiger partial charge in [-0.25, -0.2) is 0 Å². The van der Waals surface area contributed by atoms with Gasteiger partial charge >= 0.3 is 0 Å². The summed E-state index contributed by atoms with van der Waals surface area (Å²) < 4.78 is 0.976. The lowest BCUT2D eigenvalue weighted by Crippen LogP contribution is -1.99. The van der Waals surface area contributed by atoms with Crippen molar-refractivity contribution in [3.8, 4) is 0 Å². The quantitative estimate of drug-likeness (QED) is 0.664. The molecule has 0 heterocycles. The van der Waals surface area contributed by atoms with Gasteiger partial charge < -0.3 is 5.73 Å². The number of hydrogen-bond acceptors (Lipinski definition) is 2. The van der Waals surface area contributed by atoms with Crippen LogP contribution in [0.4, 0.5) is 5.69 Å². The van der Waals surface area contributed by atoms with Gasteiger partial charge in [0.05, 0.1) is 0 Å². The van der Waals surface area contributed by atoms with Crippen LogP contribution in [-0.2, 0) is 0 Å². The Labute approximate surface area is 122 Å². The smallest absolute Gasteiger partial charge is 0.0455 e. The largest absolute Gasteiger partial charge is 0.398 e. The van der Waals surface area contributed by atoms with Gasteiger partial charge in [0.25, 0.3) is 0 Å². The van der Waals surface area contributed by atoms with E-state index in [1.165, 1.54) is 5.56 Å². The Hall–Kier alpha value is -1.61. The highest BCUT2D eigenvalue weighted by molar-refractivity contribution is 9.10. The molecule has 0 aliphatic heterocycles. The fourth-order valence-electron chi connectivity index (χ4n) is 1.88. The molecule has 0 aromatic heterocycles. The van der Waals surface area contributed by atoms with E-state index in [1.54, 1.807) is 0 Å². The van der Waals surface area contributed by atoms with E-state index < -0.39 is 0 Å². The normalized spacial score (nSPS) is 12.7. The monoisotopic (exact) mass is 316 g/mol. The minimum atomic E-state index is 0.404. The topological polar surface area (TPSA) is 38.4 Å². The van der Waals surface area contributed by atoms with Gasteiger partial charge in [0, 0.05) is 34.4 Å². The number of nitrogen functional groups attached to an aromatic ring is 1. The van der Waals surface area contributed by atoms with E-state index in [-0.39, 0.29) is 0 Å². The molecule has 0 amide bonds. The summed E-state index contributed by atoms with van der Waals surface area (Å²) in [5.74, 6) is 0.404. The molecule has 19 heavy (non-hydrogen) atoms. The van der Waals surface area contributed by atoms with Crippen LogP contribution < -0.4 is 5.73 Å². The standard InChI is InChI=1S/C16H17BrN2/c1-12(13-6-3-2-4-7-13)10-19-11-14-15(17)8-5-9-16(14)18/h2-9,11-12H,10,18H2,1H3/t12-/m0/s1. The van der Waals surface area contributed by atoms with Crippen molar-refractivity contribution in [2.45, 2.75) is 12.8 Å². The number of nitrogens with zero attached hydrogens (tertiary/aromatic N) is 1. The van der Waals surface area contributed by atoms with E-state index in [0.717, 1.165) is 22.3 Å². The Morgan fingerprint density at radius 2 is 1.89 bits per heavy atom. The lowest BCUT2D eigenvalue weighted by atomic mass is 10.0. The summed E-state index contributed by atoms with van der Waals surface area (Å²) in [5.41, 5.74) is 8.92. The van der Waals surface area contributed by atoms with Crippen molar-refractivity contribution in [1.82, 2.24) is 0 Å². The summed E-state index contributed by atoms with van der Waals surface area (Å²) >= 11 is 3.49. The van der Waals surface area contributed by atoms with Crippen LogP contribution in [0.3, 0.4) is 0 Å². The predicted molar refractivity (Wildman–Crippen MR) is 85.9 cm³/mol. The summed E-state index contributed by atoms with van der Waals surface area (Å²) in [6.07, 6.45) is 1.85. The minimum absolute atomic E-state index is 0.404. The second-order valence-electron chi connectivity index (χ2n) is 4.55. The first-order valence-corrected chi connectivity index (χ1v) is 7.06. The molecule has 0 spiro atoms. The van der Waals surface area contributed by atoms with Crippen LogP contribution in [0.1, 0.15) is 24.0 Å². The lowest BCUT2D eigenvalue weighted by molar-refractivity contribution is 0.778. The van der Waals surface area contributed by atoms with Crippen LogP contribution in [0.15, 0.2) is 58.0 Å². The highest BCUT2D eigenvalue weighted by Crippen LogP contribution is 2.21. The maximum absolute atomic E-state index is 5.93. The first kappa shape index (κ1) is 13.8. The summed E-state index contributed by atoms with van der Waals surface area (Å²) in [6.45, 7) is 2.93. The molecule has 0 aliphatic rings. The molecule has 0 unspecified atom stereocenters. The SMILES string of the molecule is C[C@@H](CN=Cc1c(N)cccc1Br)c1ccccc1. The van der Waals surface area contributed by atoms with Gasteiger partial charge in [-0.05, 0) is 17.7 Å². The molecule has 0 fully saturated rings. The third kappa shape index (κ3) is 3.67. The molecule has 2 aromatic rings. The van der Waals surface area contributed by atoms with Crippen LogP contribution in [-0.4, -0.2) is 12.8 Å². The van der Waals surface area contributed by atoms with Crippen LogP contribution in [0.5, 0.6) is 0 Å². The molecule has 0 aliphatic carbocycles. The predicted octanol–water partition coefficient (Wildman–Crippen LogP) is 4.25. The highest BCUT2D eigenvalue weighted by Gasteiger charge is 2.04. The molecule has 0 saturated heterocycles. The number of rotatable bonds is 4. The molecule has 1 atom stereocenters. The number of halogens is 1. The van der Waals surface area contributed by atoms with Gasteiger partial charge in [0.1, 0.15) is 0 Å². The maximum Gasteiger partial charge on any atom is 0.0455 e. The van der Waals surface area contributed by atoms with Crippen molar-refractivity contribution in [3.05, 3.63) is 64.1 Å². The average Bonchev–Trinajstić information content (AvgIpc) is 2.43. The van der Waals surface area contributed by atoms with E-state index in [0.29, 0.717) is 5.92 Å². The molecule has 0 bridgehead atoms. The third-order valence-corrected chi connectivity index (χ3v) is 3.75. The van der Waals surface area contributed by atoms with Crippen LogP contribution in [0, 0.1) is 0 Å². The second-order valence-corrected chi connectivity index (χ2v) is 5.40. The molecular formula is C16H17BrN2. The number of anilines is 1. The summed E-state index contributed by atoms with van der Waals surface area (Å²) in [4.78, 5) is 4.50. The first-order chi connectivity index (χ1) is 9.18. The number of aliphatic imine (C=N–C) groups is 1. The molecule has 2 N–H and O–H groups in total. The Morgan fingerprint density at radius 1 is 1.16 bits per heavy atom. The van der Waals surface area contributed by atoms with Gasteiger partial charge in [-0.1, -0.05) is 59.3 Å². The Balaban J connectivity index is 2.04. The fourth-order valence-corrected chi connectivity index (χ4v) is 2.36. The lowest BCUT2D eigenvalue weighted by Gasteiger charge is -2.08. The van der Waals surface area contributed by atoms with E-state index in [1.807, 2.05) is 30.5 Å². The molecule has 98 valence electrons. The zero-order valence-corrected chi connectivity index (χ0v) is 12.5. The average molecular weight is 317 g/mol. The van der Waals surface area contributed by atoms with Gasteiger partial charge in [0.2, 0.25) is 0 Å². The summed E-state index contributed by atoms with van der Waals surface area (Å²) in [7, 11) is 0. The highest BCUT2D eigenvalue weighted by atomic mass is 79.9. The second kappa shape index (κ2) is 6.53. The van der Waals surface area contributed by atoms with Crippen molar-refractivity contribution in [2.75, 3.05) is 12.3 Å². The van der Waals surface area contributed by atoms with Crippen LogP contribution in [0.25, 0.3) is 0 Å². The van der Waals surface area contributed by atoms with E-state index in [9.17, 15) is 0 Å². The maximum atomic E-state index is 5.93. The molecule has 2 aromatic carbocycles. The number of benzene rings is 2. The molecule has 2 rings (SSSR count). The molecule has 0 radical (unpaired) electrons.